The number of unbranched alkanes of at least 4 members (excludes halogenated alkanes) is 32. The molecule has 456 valence electrons. The van der Waals surface area contributed by atoms with Gasteiger partial charge >= 0.3 is 0 Å². The molecule has 0 bridgehead atoms. The molecular formula is C64H117NO13. The van der Waals surface area contributed by atoms with Crippen LogP contribution in [0.2, 0.25) is 0 Å². The molecule has 1 amide bonds. The molecule has 14 heteroatoms. The second-order valence-corrected chi connectivity index (χ2v) is 22.5. The number of rotatable bonds is 51. The molecule has 0 spiro atoms. The van der Waals surface area contributed by atoms with E-state index in [4.69, 9.17) is 18.9 Å². The zero-order valence-corrected chi connectivity index (χ0v) is 49.2. The van der Waals surface area contributed by atoms with Crippen LogP contribution < -0.4 is 5.32 Å². The normalized spacial score (nSPS) is 24.8. The van der Waals surface area contributed by atoms with Crippen molar-refractivity contribution < 1.29 is 64.6 Å². The standard InChI is InChI=1S/C64H117NO13/c1-3-5-7-9-11-13-15-17-18-19-20-21-22-23-24-25-26-27-28-29-30-31-32-33-34-35-36-37-39-41-43-45-47-53(68)52(65-56(69)48-46-44-42-40-38-16-14-12-10-8-6-4-2)51-75-63-61(74)59(72)62(55(50-67)77-63)78-64-60(73)58(71)57(70)54(49-66)76-64/h12,14,33-34,37,39,45,47,52-55,57-64,66-68,70-74H,3-11,13,15-32,35-36,38,40-44,46,48-51H2,1-2H3,(H,65,69)/b14-12-,34-33+,39-37+,47-45+. The van der Waals surface area contributed by atoms with Crippen LogP contribution in [0.5, 0.6) is 0 Å². The van der Waals surface area contributed by atoms with Crippen molar-refractivity contribution in [2.75, 3.05) is 19.8 Å². The molecule has 2 aliphatic heterocycles. The van der Waals surface area contributed by atoms with Gasteiger partial charge in [0.15, 0.2) is 12.6 Å². The first-order valence-corrected chi connectivity index (χ1v) is 31.9. The molecule has 14 nitrogen and oxygen atoms in total. The van der Waals surface area contributed by atoms with E-state index in [1.165, 1.54) is 161 Å². The molecule has 2 fully saturated rings. The lowest BCUT2D eigenvalue weighted by atomic mass is 9.97. The van der Waals surface area contributed by atoms with Crippen molar-refractivity contribution in [1.82, 2.24) is 5.32 Å². The molecule has 12 unspecified atom stereocenters. The third-order valence-electron chi connectivity index (χ3n) is 15.5. The van der Waals surface area contributed by atoms with Crippen LogP contribution >= 0.6 is 0 Å². The summed E-state index contributed by atoms with van der Waals surface area (Å²) in [4.78, 5) is 13.2. The van der Waals surface area contributed by atoms with E-state index in [0.29, 0.717) is 12.8 Å². The van der Waals surface area contributed by atoms with Gasteiger partial charge in [0.2, 0.25) is 5.91 Å². The lowest BCUT2D eigenvalue weighted by molar-refractivity contribution is -0.359. The van der Waals surface area contributed by atoms with Gasteiger partial charge in [0.25, 0.3) is 0 Å². The minimum Gasteiger partial charge on any atom is -0.394 e. The fourth-order valence-electron chi connectivity index (χ4n) is 10.3. The summed E-state index contributed by atoms with van der Waals surface area (Å²) in [5.74, 6) is -0.263. The average molecular weight is 1110 g/mol. The van der Waals surface area contributed by atoms with Crippen LogP contribution in [-0.4, -0.2) is 140 Å². The number of nitrogens with one attached hydrogen (secondary N) is 1. The lowest BCUT2D eigenvalue weighted by Gasteiger charge is -2.46. The van der Waals surface area contributed by atoms with Crippen LogP contribution in [0, 0.1) is 0 Å². The van der Waals surface area contributed by atoms with Gasteiger partial charge in [-0.3, -0.25) is 4.79 Å². The zero-order chi connectivity index (χ0) is 56.7. The number of carbonyl (C=O) groups is 1. The van der Waals surface area contributed by atoms with Crippen LogP contribution in [0.15, 0.2) is 48.6 Å². The van der Waals surface area contributed by atoms with E-state index in [1.807, 2.05) is 6.08 Å². The molecule has 0 aromatic carbocycles. The monoisotopic (exact) mass is 1110 g/mol. The Kier molecular flexibility index (Phi) is 45.8. The van der Waals surface area contributed by atoms with Crippen molar-refractivity contribution in [2.24, 2.45) is 0 Å². The smallest absolute Gasteiger partial charge is 0.220 e. The van der Waals surface area contributed by atoms with Gasteiger partial charge < -0.3 is 65.1 Å². The SMILES string of the molecule is CCCCC/C=C\CCCCCCCC(=O)NC(COC1OC(CO)C(OC2OC(CO)C(O)C(O)C2O)C(O)C1O)C(O)/C=C/CC/C=C/CC/C=C/CCCCCCCCCCCCCCCCCCCCCCCC. The molecular weight excluding hydrogens is 991 g/mol. The Bertz CT molecular complexity index is 1490. The summed E-state index contributed by atoms with van der Waals surface area (Å²) in [5, 5.41) is 87.0. The highest BCUT2D eigenvalue weighted by Crippen LogP contribution is 2.30. The molecule has 0 aromatic rings. The van der Waals surface area contributed by atoms with Gasteiger partial charge in [-0.2, -0.15) is 0 Å². The van der Waals surface area contributed by atoms with Gasteiger partial charge in [-0.1, -0.05) is 229 Å². The van der Waals surface area contributed by atoms with E-state index in [0.717, 1.165) is 64.2 Å². The maximum Gasteiger partial charge on any atom is 0.220 e. The molecule has 9 N–H and O–H groups in total. The average Bonchev–Trinajstić information content (AvgIpc) is 3.44. The zero-order valence-electron chi connectivity index (χ0n) is 49.2. The third kappa shape index (κ3) is 34.4. The minimum atomic E-state index is -1.79. The number of aliphatic hydroxyl groups excluding tert-OH is 8. The number of carbonyl (C=O) groups excluding carboxylic acids is 1. The maximum atomic E-state index is 13.2. The number of allylic oxidation sites excluding steroid dienone is 7. The fourth-order valence-corrected chi connectivity index (χ4v) is 10.3. The van der Waals surface area contributed by atoms with Crippen molar-refractivity contribution >= 4 is 5.91 Å². The number of aliphatic hydroxyl groups is 8. The van der Waals surface area contributed by atoms with Gasteiger partial charge in [0.1, 0.15) is 48.8 Å². The van der Waals surface area contributed by atoms with Gasteiger partial charge in [-0.05, 0) is 70.6 Å². The largest absolute Gasteiger partial charge is 0.394 e. The molecule has 12 atom stereocenters. The molecule has 2 aliphatic rings. The van der Waals surface area contributed by atoms with Crippen LogP contribution in [0.1, 0.15) is 258 Å². The Morgan fingerprint density at radius 1 is 0.449 bits per heavy atom. The highest BCUT2D eigenvalue weighted by Gasteiger charge is 2.51. The molecule has 0 aliphatic carbocycles. The van der Waals surface area contributed by atoms with Crippen molar-refractivity contribution in [3.63, 3.8) is 0 Å². The van der Waals surface area contributed by atoms with Crippen LogP contribution in [0.3, 0.4) is 0 Å². The summed E-state index contributed by atoms with van der Waals surface area (Å²) in [6, 6.07) is -0.942. The van der Waals surface area contributed by atoms with Gasteiger partial charge in [0, 0.05) is 6.42 Å². The topological polar surface area (TPSA) is 228 Å². The van der Waals surface area contributed by atoms with E-state index >= 15 is 0 Å². The predicted molar refractivity (Wildman–Crippen MR) is 314 cm³/mol. The molecule has 2 heterocycles. The summed E-state index contributed by atoms with van der Waals surface area (Å²) in [6.45, 7) is 2.75. The first-order chi connectivity index (χ1) is 38.1. The number of hydrogen-bond donors (Lipinski definition) is 9. The second-order valence-electron chi connectivity index (χ2n) is 22.5. The van der Waals surface area contributed by atoms with Crippen molar-refractivity contribution in [3.05, 3.63) is 48.6 Å². The Labute approximate surface area is 473 Å². The lowest BCUT2D eigenvalue weighted by Crippen LogP contribution is -2.65. The molecule has 0 saturated carbocycles. The van der Waals surface area contributed by atoms with Crippen LogP contribution in [0.25, 0.3) is 0 Å². The predicted octanol–water partition coefficient (Wildman–Crippen LogP) is 11.6. The van der Waals surface area contributed by atoms with Crippen LogP contribution in [-0.2, 0) is 23.7 Å². The number of hydrogen-bond acceptors (Lipinski definition) is 13. The quantitative estimate of drug-likeness (QED) is 0.0204. The van der Waals surface area contributed by atoms with E-state index in [9.17, 15) is 45.6 Å². The minimum absolute atomic E-state index is 0.259. The Morgan fingerprint density at radius 3 is 1.28 bits per heavy atom. The highest BCUT2D eigenvalue weighted by molar-refractivity contribution is 5.76. The van der Waals surface area contributed by atoms with E-state index in [2.05, 4.69) is 55.6 Å². The first-order valence-electron chi connectivity index (χ1n) is 31.9. The van der Waals surface area contributed by atoms with Gasteiger partial charge in [-0.15, -0.1) is 0 Å². The molecule has 2 rings (SSSR count). The van der Waals surface area contributed by atoms with Crippen molar-refractivity contribution in [2.45, 2.75) is 331 Å². The Morgan fingerprint density at radius 2 is 0.821 bits per heavy atom. The third-order valence-corrected chi connectivity index (χ3v) is 15.5. The number of amides is 1. The van der Waals surface area contributed by atoms with Crippen LogP contribution in [0.4, 0.5) is 0 Å². The van der Waals surface area contributed by atoms with Crippen molar-refractivity contribution in [3.8, 4) is 0 Å². The maximum absolute atomic E-state index is 13.2. The Hall–Kier alpha value is -2.05. The van der Waals surface area contributed by atoms with Crippen molar-refractivity contribution in [1.29, 1.82) is 0 Å². The summed E-state index contributed by atoms with van der Waals surface area (Å²) in [7, 11) is 0. The Balaban J connectivity index is 1.68. The first kappa shape index (κ1) is 72.1. The summed E-state index contributed by atoms with van der Waals surface area (Å²) in [6.07, 6.45) is 46.2. The molecule has 2 saturated heterocycles. The van der Waals surface area contributed by atoms with E-state index < -0.39 is 86.8 Å². The van der Waals surface area contributed by atoms with Gasteiger partial charge in [-0.25, -0.2) is 0 Å². The summed E-state index contributed by atoms with van der Waals surface area (Å²) >= 11 is 0. The molecule has 0 radical (unpaired) electrons. The highest BCUT2D eigenvalue weighted by atomic mass is 16.7. The van der Waals surface area contributed by atoms with Gasteiger partial charge in [0.05, 0.1) is 32.0 Å². The second kappa shape index (κ2) is 49.5. The number of ether oxygens (including phenoxy) is 4. The summed E-state index contributed by atoms with van der Waals surface area (Å²) < 4.78 is 22.7. The summed E-state index contributed by atoms with van der Waals surface area (Å²) in [5.41, 5.74) is 0. The van der Waals surface area contributed by atoms with E-state index in [1.54, 1.807) is 6.08 Å². The molecule has 0 aromatic heterocycles. The fraction of sp³-hybridized carbons (Fsp3) is 0.859. The molecule has 78 heavy (non-hydrogen) atoms. The van der Waals surface area contributed by atoms with E-state index in [-0.39, 0.29) is 18.9 Å².